The third-order valence-electron chi connectivity index (χ3n) is 4.41. The average molecular weight is 409 g/mol. The minimum atomic E-state index is -0.206. The Bertz CT molecular complexity index is 1260. The van der Waals surface area contributed by atoms with Gasteiger partial charge in [0.05, 0.1) is 22.9 Å². The number of nitriles is 3. The van der Waals surface area contributed by atoms with Gasteiger partial charge in [-0.2, -0.15) is 15.8 Å². The summed E-state index contributed by atoms with van der Waals surface area (Å²) in [6.45, 7) is 1.94. The average Bonchev–Trinajstić information content (AvgIpc) is 2.77. The van der Waals surface area contributed by atoms with Crippen molar-refractivity contribution in [1.29, 1.82) is 15.8 Å². The number of hydrogen-bond donors (Lipinski definition) is 1. The van der Waals surface area contributed by atoms with E-state index in [-0.39, 0.29) is 33.5 Å². The molecule has 0 amide bonds. The molecule has 0 unspecified atom stereocenters. The molecule has 0 aliphatic heterocycles. The van der Waals surface area contributed by atoms with Crippen molar-refractivity contribution < 1.29 is 4.79 Å². The number of nitrogens with zero attached hydrogens (tertiary/aromatic N) is 4. The molecule has 2 aromatic carbocycles. The Morgan fingerprint density at radius 3 is 2.37 bits per heavy atom. The number of ketones is 1. The zero-order valence-electron chi connectivity index (χ0n) is 16.0. The number of aryl methyl sites for hydroxylation is 1. The summed E-state index contributed by atoms with van der Waals surface area (Å²) in [5, 5.41) is 28.7. The first-order valence-corrected chi connectivity index (χ1v) is 9.84. The minimum absolute atomic E-state index is 0.00787. The summed E-state index contributed by atoms with van der Waals surface area (Å²) in [6.07, 6.45) is 0. The fourth-order valence-corrected chi connectivity index (χ4v) is 3.78. The Labute approximate surface area is 178 Å². The second-order valence-corrected chi connectivity index (χ2v) is 7.39. The highest BCUT2D eigenvalue weighted by Crippen LogP contribution is 2.35. The molecule has 0 radical (unpaired) electrons. The lowest BCUT2D eigenvalue weighted by atomic mass is 9.96. The first kappa shape index (κ1) is 20.6. The molecule has 2 N–H and O–H groups in total. The van der Waals surface area contributed by atoms with Crippen LogP contribution in [0, 0.1) is 40.9 Å². The maximum Gasteiger partial charge on any atom is 0.173 e. The minimum Gasteiger partial charge on any atom is -0.383 e. The zero-order valence-corrected chi connectivity index (χ0v) is 16.8. The van der Waals surface area contributed by atoms with Gasteiger partial charge in [-0.05, 0) is 24.6 Å². The van der Waals surface area contributed by atoms with Crippen molar-refractivity contribution in [2.45, 2.75) is 11.9 Å². The van der Waals surface area contributed by atoms with Crippen LogP contribution in [0.3, 0.4) is 0 Å². The monoisotopic (exact) mass is 409 g/mol. The molecule has 3 aromatic rings. The normalized spacial score (nSPS) is 9.93. The Kier molecular flexibility index (Phi) is 6.13. The highest BCUT2D eigenvalue weighted by atomic mass is 32.2. The third-order valence-corrected chi connectivity index (χ3v) is 5.38. The fourth-order valence-electron chi connectivity index (χ4n) is 2.89. The van der Waals surface area contributed by atoms with E-state index in [1.165, 1.54) is 6.07 Å². The molecule has 1 heterocycles. The van der Waals surface area contributed by atoms with E-state index in [9.17, 15) is 15.3 Å². The lowest BCUT2D eigenvalue weighted by Gasteiger charge is -2.13. The number of rotatable bonds is 5. The standard InChI is InChI=1S/C23H15N5OS/c1-14-5-7-16(8-6-14)21-18(11-25)22(27)28-23(19(21)12-26)30-13-20(29)17-4-2-3-15(9-17)10-24/h2-9H,13H2,1H3,(H2,27,28). The summed E-state index contributed by atoms with van der Waals surface area (Å²) in [4.78, 5) is 16.8. The van der Waals surface area contributed by atoms with Crippen LogP contribution in [0.1, 0.15) is 32.6 Å². The number of hydrogen-bond acceptors (Lipinski definition) is 7. The molecule has 6 nitrogen and oxygen atoms in total. The molecule has 0 spiro atoms. The van der Waals surface area contributed by atoms with E-state index in [4.69, 9.17) is 11.0 Å². The van der Waals surface area contributed by atoms with E-state index in [1.54, 1.807) is 18.2 Å². The second-order valence-electron chi connectivity index (χ2n) is 6.42. The van der Waals surface area contributed by atoms with Crippen molar-refractivity contribution in [3.05, 3.63) is 76.3 Å². The Balaban J connectivity index is 2.00. The van der Waals surface area contributed by atoms with Crippen LogP contribution in [-0.4, -0.2) is 16.5 Å². The quantitative estimate of drug-likeness (QED) is 0.493. The predicted octanol–water partition coefficient (Wildman–Crippen LogP) is 4.23. The number of thioether (sulfide) groups is 1. The topological polar surface area (TPSA) is 127 Å². The first-order valence-electron chi connectivity index (χ1n) is 8.85. The summed E-state index contributed by atoms with van der Waals surface area (Å²) < 4.78 is 0. The second kappa shape index (κ2) is 8.92. The zero-order chi connectivity index (χ0) is 21.7. The van der Waals surface area contributed by atoms with Gasteiger partial charge < -0.3 is 5.73 Å². The molecule has 30 heavy (non-hydrogen) atoms. The van der Waals surface area contributed by atoms with Crippen LogP contribution in [0.5, 0.6) is 0 Å². The number of nitrogens with two attached hydrogens (primary N) is 1. The first-order chi connectivity index (χ1) is 14.5. The Morgan fingerprint density at radius 2 is 1.73 bits per heavy atom. The van der Waals surface area contributed by atoms with E-state index in [1.807, 2.05) is 43.3 Å². The molecule has 0 fully saturated rings. The number of aromatic nitrogens is 1. The van der Waals surface area contributed by atoms with Gasteiger partial charge in [-0.15, -0.1) is 0 Å². The molecular formula is C23H15N5OS. The van der Waals surface area contributed by atoms with Gasteiger partial charge in [0, 0.05) is 11.1 Å². The number of anilines is 1. The predicted molar refractivity (Wildman–Crippen MR) is 114 cm³/mol. The van der Waals surface area contributed by atoms with Crippen molar-refractivity contribution >= 4 is 23.4 Å². The molecule has 0 aliphatic rings. The van der Waals surface area contributed by atoms with Crippen molar-refractivity contribution in [1.82, 2.24) is 4.98 Å². The molecule has 0 saturated heterocycles. The van der Waals surface area contributed by atoms with Crippen LogP contribution in [0.4, 0.5) is 5.82 Å². The number of nitrogen functional groups attached to an aromatic ring is 1. The maximum atomic E-state index is 12.6. The van der Waals surface area contributed by atoms with Gasteiger partial charge in [0.25, 0.3) is 0 Å². The van der Waals surface area contributed by atoms with Crippen molar-refractivity contribution in [3.8, 4) is 29.3 Å². The fraction of sp³-hybridized carbons (Fsp3) is 0.0870. The Morgan fingerprint density at radius 1 is 1.03 bits per heavy atom. The highest BCUT2D eigenvalue weighted by Gasteiger charge is 2.21. The number of benzene rings is 2. The largest absolute Gasteiger partial charge is 0.383 e. The molecule has 0 aliphatic carbocycles. The van der Waals surface area contributed by atoms with Gasteiger partial charge in [-0.3, -0.25) is 4.79 Å². The summed E-state index contributed by atoms with van der Waals surface area (Å²) in [6, 6.07) is 20.0. The summed E-state index contributed by atoms with van der Waals surface area (Å²) in [7, 11) is 0. The molecule has 0 bridgehead atoms. The summed E-state index contributed by atoms with van der Waals surface area (Å²) in [5.74, 6) is -0.189. The van der Waals surface area contributed by atoms with Crippen molar-refractivity contribution in [2.75, 3.05) is 11.5 Å². The van der Waals surface area contributed by atoms with Crippen LogP contribution < -0.4 is 5.73 Å². The molecule has 144 valence electrons. The van der Waals surface area contributed by atoms with Gasteiger partial charge in [0.1, 0.15) is 28.5 Å². The molecule has 1 aromatic heterocycles. The number of carbonyl (C=O) groups excluding carboxylic acids is 1. The van der Waals surface area contributed by atoms with Gasteiger partial charge in [-0.1, -0.05) is 53.7 Å². The van der Waals surface area contributed by atoms with Crippen molar-refractivity contribution in [3.63, 3.8) is 0 Å². The summed E-state index contributed by atoms with van der Waals surface area (Å²) >= 11 is 1.08. The van der Waals surface area contributed by atoms with Crippen LogP contribution >= 0.6 is 11.8 Å². The lowest BCUT2D eigenvalue weighted by molar-refractivity contribution is 0.102. The maximum absolute atomic E-state index is 12.6. The Hall–Kier alpha value is -4.12. The van der Waals surface area contributed by atoms with Crippen LogP contribution in [0.25, 0.3) is 11.1 Å². The number of pyridine rings is 1. The van der Waals surface area contributed by atoms with Gasteiger partial charge in [0.15, 0.2) is 5.78 Å². The highest BCUT2D eigenvalue weighted by molar-refractivity contribution is 8.00. The van der Waals surface area contributed by atoms with Crippen molar-refractivity contribution in [2.24, 2.45) is 0 Å². The summed E-state index contributed by atoms with van der Waals surface area (Å²) in [5.41, 5.74) is 9.26. The van der Waals surface area contributed by atoms with E-state index in [0.29, 0.717) is 22.3 Å². The smallest absolute Gasteiger partial charge is 0.173 e. The molecule has 3 rings (SSSR count). The lowest BCUT2D eigenvalue weighted by Crippen LogP contribution is -2.06. The number of Topliss-reactive ketones (excluding diaryl/α,β-unsaturated/α-hetero) is 1. The van der Waals surface area contributed by atoms with Crippen LogP contribution in [-0.2, 0) is 0 Å². The molecule has 0 atom stereocenters. The van der Waals surface area contributed by atoms with Gasteiger partial charge in [0.2, 0.25) is 0 Å². The van der Waals surface area contributed by atoms with E-state index >= 15 is 0 Å². The van der Waals surface area contributed by atoms with E-state index in [2.05, 4.69) is 11.1 Å². The molecule has 7 heteroatoms. The SMILES string of the molecule is Cc1ccc(-c2c(C#N)c(N)nc(SCC(=O)c3cccc(C#N)c3)c2C#N)cc1. The van der Waals surface area contributed by atoms with E-state index < -0.39 is 0 Å². The van der Waals surface area contributed by atoms with E-state index in [0.717, 1.165) is 17.3 Å². The van der Waals surface area contributed by atoms with Crippen LogP contribution in [0.15, 0.2) is 53.6 Å². The third kappa shape index (κ3) is 4.15. The van der Waals surface area contributed by atoms with Gasteiger partial charge in [-0.25, -0.2) is 4.98 Å². The molecular weight excluding hydrogens is 394 g/mol. The number of carbonyl (C=O) groups is 1. The molecule has 0 saturated carbocycles. The van der Waals surface area contributed by atoms with Crippen LogP contribution in [0.2, 0.25) is 0 Å². The van der Waals surface area contributed by atoms with Gasteiger partial charge >= 0.3 is 0 Å².